The Hall–Kier alpha value is -7.48. The zero-order chi connectivity index (χ0) is 38.0. The van der Waals surface area contributed by atoms with Crippen molar-refractivity contribution >= 4 is 38.6 Å². The maximum atomic E-state index is 2.49. The van der Waals surface area contributed by atoms with E-state index in [1.165, 1.54) is 66.1 Å². The van der Waals surface area contributed by atoms with E-state index in [0.29, 0.717) is 0 Å². The summed E-state index contributed by atoms with van der Waals surface area (Å²) in [5.74, 6) is 0. The topological polar surface area (TPSA) is 3.24 Å². The molecule has 0 radical (unpaired) electrons. The van der Waals surface area contributed by atoms with Gasteiger partial charge >= 0.3 is 0 Å². The first-order chi connectivity index (χ1) is 28.3. The Morgan fingerprint density at radius 1 is 0.228 bits per heavy atom. The third-order valence-corrected chi connectivity index (χ3v) is 11.0. The molecule has 10 aromatic carbocycles. The van der Waals surface area contributed by atoms with Crippen molar-refractivity contribution < 1.29 is 0 Å². The van der Waals surface area contributed by atoms with Crippen LogP contribution in [-0.2, 0) is 0 Å². The highest BCUT2D eigenvalue weighted by Crippen LogP contribution is 2.51. The Kier molecular flexibility index (Phi) is 8.95. The Morgan fingerprint density at radius 2 is 0.632 bits per heavy atom. The first-order valence-corrected chi connectivity index (χ1v) is 19.6. The molecule has 0 bridgehead atoms. The van der Waals surface area contributed by atoms with Crippen molar-refractivity contribution in [1.82, 2.24) is 0 Å². The van der Waals surface area contributed by atoms with Gasteiger partial charge in [0.25, 0.3) is 0 Å². The molecule has 0 atom stereocenters. The standard InChI is InChI=1S/C56H39N/c1-6-20-40(21-7-1)45-30-18-31-48(37-45)57(49-38-46(41-22-8-2-9-23-41)36-47(39-49)42-24-10-3-11-25-42)53-35-19-34-52-50-32-16-17-33-51(50)54(43-26-12-4-13-27-43)55(56(52)53)44-28-14-5-15-29-44/h1-39H. The van der Waals surface area contributed by atoms with Crippen LogP contribution in [0.4, 0.5) is 17.1 Å². The number of hydrogen-bond acceptors (Lipinski definition) is 1. The van der Waals surface area contributed by atoms with Crippen LogP contribution in [0.5, 0.6) is 0 Å². The van der Waals surface area contributed by atoms with Gasteiger partial charge < -0.3 is 4.90 Å². The van der Waals surface area contributed by atoms with Crippen LogP contribution in [0.3, 0.4) is 0 Å². The average molecular weight is 726 g/mol. The SMILES string of the molecule is c1ccc(-c2cccc(N(c3cc(-c4ccccc4)cc(-c4ccccc4)c3)c3cccc4c3c(-c3ccccc3)c(-c3ccccc3)c3ccccc34)c2)cc1. The fraction of sp³-hybridized carbons (Fsp3) is 0. The van der Waals surface area contributed by atoms with E-state index in [-0.39, 0.29) is 0 Å². The van der Waals surface area contributed by atoms with Crippen LogP contribution in [0.15, 0.2) is 237 Å². The molecule has 268 valence electrons. The van der Waals surface area contributed by atoms with Crippen molar-refractivity contribution in [2.75, 3.05) is 4.90 Å². The van der Waals surface area contributed by atoms with Crippen LogP contribution in [-0.4, -0.2) is 0 Å². The lowest BCUT2D eigenvalue weighted by Gasteiger charge is -2.30. The van der Waals surface area contributed by atoms with Crippen molar-refractivity contribution in [3.8, 4) is 55.6 Å². The molecule has 0 fully saturated rings. The molecule has 0 aliphatic rings. The molecule has 1 heteroatoms. The van der Waals surface area contributed by atoms with Gasteiger partial charge in [-0.2, -0.15) is 0 Å². The van der Waals surface area contributed by atoms with E-state index < -0.39 is 0 Å². The number of hydrogen-bond donors (Lipinski definition) is 0. The Morgan fingerprint density at radius 3 is 1.19 bits per heavy atom. The third kappa shape index (κ3) is 6.46. The first-order valence-electron chi connectivity index (χ1n) is 19.6. The van der Waals surface area contributed by atoms with E-state index in [9.17, 15) is 0 Å². The normalized spacial score (nSPS) is 11.2. The second-order valence-electron chi connectivity index (χ2n) is 14.5. The fourth-order valence-electron chi connectivity index (χ4n) is 8.42. The molecule has 10 aromatic rings. The van der Waals surface area contributed by atoms with Gasteiger partial charge in [0.2, 0.25) is 0 Å². The highest BCUT2D eigenvalue weighted by molar-refractivity contribution is 6.25. The third-order valence-electron chi connectivity index (χ3n) is 11.0. The van der Waals surface area contributed by atoms with Crippen molar-refractivity contribution in [3.63, 3.8) is 0 Å². The van der Waals surface area contributed by atoms with Gasteiger partial charge in [-0.1, -0.05) is 200 Å². The van der Waals surface area contributed by atoms with E-state index in [0.717, 1.165) is 28.2 Å². The lowest BCUT2D eigenvalue weighted by molar-refractivity contribution is 1.30. The molecular weight excluding hydrogens is 687 g/mol. The van der Waals surface area contributed by atoms with Crippen LogP contribution in [0, 0.1) is 0 Å². The molecule has 0 saturated carbocycles. The summed E-state index contributed by atoms with van der Waals surface area (Å²) in [4.78, 5) is 2.49. The molecule has 57 heavy (non-hydrogen) atoms. The van der Waals surface area contributed by atoms with Gasteiger partial charge in [0, 0.05) is 22.3 Å². The average Bonchev–Trinajstić information content (AvgIpc) is 3.30. The maximum Gasteiger partial charge on any atom is 0.0546 e. The molecule has 0 unspecified atom stereocenters. The predicted molar refractivity (Wildman–Crippen MR) is 243 cm³/mol. The van der Waals surface area contributed by atoms with Gasteiger partial charge in [-0.05, 0) is 103 Å². The largest absolute Gasteiger partial charge is 0.310 e. The molecular formula is C56H39N. The van der Waals surface area contributed by atoms with E-state index in [4.69, 9.17) is 0 Å². The number of fused-ring (bicyclic) bond motifs is 3. The summed E-state index contributed by atoms with van der Waals surface area (Å²) in [5, 5.41) is 4.89. The minimum absolute atomic E-state index is 1.08. The minimum Gasteiger partial charge on any atom is -0.310 e. The summed E-state index contributed by atoms with van der Waals surface area (Å²) in [6, 6.07) is 85.8. The molecule has 0 spiro atoms. The number of rotatable bonds is 8. The van der Waals surface area contributed by atoms with Crippen LogP contribution in [0.1, 0.15) is 0 Å². The maximum absolute atomic E-state index is 2.49. The van der Waals surface area contributed by atoms with Gasteiger partial charge in [0.1, 0.15) is 0 Å². The highest BCUT2D eigenvalue weighted by Gasteiger charge is 2.24. The van der Waals surface area contributed by atoms with E-state index >= 15 is 0 Å². The predicted octanol–water partition coefficient (Wildman–Crippen LogP) is 15.8. The first kappa shape index (κ1) is 34.0. The quantitative estimate of drug-likeness (QED) is 0.141. The molecule has 0 aliphatic heterocycles. The summed E-state index contributed by atoms with van der Waals surface area (Å²) < 4.78 is 0. The van der Waals surface area contributed by atoms with E-state index in [1.54, 1.807) is 0 Å². The molecule has 0 N–H and O–H groups in total. The molecule has 0 aromatic heterocycles. The summed E-state index contributed by atoms with van der Waals surface area (Å²) in [7, 11) is 0. The van der Waals surface area contributed by atoms with Crippen LogP contribution >= 0.6 is 0 Å². The zero-order valence-electron chi connectivity index (χ0n) is 31.5. The highest BCUT2D eigenvalue weighted by atomic mass is 15.1. The zero-order valence-corrected chi connectivity index (χ0v) is 31.5. The van der Waals surface area contributed by atoms with Crippen LogP contribution < -0.4 is 4.90 Å². The van der Waals surface area contributed by atoms with Gasteiger partial charge in [-0.25, -0.2) is 0 Å². The molecule has 0 aliphatic carbocycles. The fourth-order valence-corrected chi connectivity index (χ4v) is 8.42. The van der Waals surface area contributed by atoms with Crippen molar-refractivity contribution in [2.24, 2.45) is 0 Å². The van der Waals surface area contributed by atoms with Gasteiger partial charge in [0.15, 0.2) is 0 Å². The molecule has 1 nitrogen and oxygen atoms in total. The van der Waals surface area contributed by atoms with Crippen LogP contribution in [0.25, 0.3) is 77.2 Å². The lowest BCUT2D eigenvalue weighted by Crippen LogP contribution is -2.12. The van der Waals surface area contributed by atoms with E-state index in [2.05, 4.69) is 241 Å². The van der Waals surface area contributed by atoms with Crippen molar-refractivity contribution in [2.45, 2.75) is 0 Å². The Bertz CT molecular complexity index is 2920. The lowest BCUT2D eigenvalue weighted by atomic mass is 9.84. The van der Waals surface area contributed by atoms with Crippen molar-refractivity contribution in [3.05, 3.63) is 237 Å². The van der Waals surface area contributed by atoms with Gasteiger partial charge in [-0.3, -0.25) is 0 Å². The van der Waals surface area contributed by atoms with E-state index in [1.807, 2.05) is 0 Å². The van der Waals surface area contributed by atoms with Crippen LogP contribution in [0.2, 0.25) is 0 Å². The smallest absolute Gasteiger partial charge is 0.0546 e. The summed E-state index contributed by atoms with van der Waals surface area (Å²) in [5.41, 5.74) is 15.1. The van der Waals surface area contributed by atoms with Crippen molar-refractivity contribution in [1.29, 1.82) is 0 Å². The number of benzene rings is 10. The second-order valence-corrected chi connectivity index (χ2v) is 14.5. The molecule has 0 amide bonds. The number of anilines is 3. The molecule has 0 heterocycles. The second kappa shape index (κ2) is 15.0. The Labute approximate surface area is 334 Å². The van der Waals surface area contributed by atoms with Gasteiger partial charge in [-0.15, -0.1) is 0 Å². The number of nitrogens with zero attached hydrogens (tertiary/aromatic N) is 1. The summed E-state index contributed by atoms with van der Waals surface area (Å²) >= 11 is 0. The van der Waals surface area contributed by atoms with Gasteiger partial charge in [0.05, 0.1) is 5.69 Å². The Balaban J connectivity index is 1.36. The summed E-state index contributed by atoms with van der Waals surface area (Å²) in [6.07, 6.45) is 0. The minimum atomic E-state index is 1.08. The molecule has 0 saturated heterocycles. The molecule has 10 rings (SSSR count). The summed E-state index contributed by atoms with van der Waals surface area (Å²) in [6.45, 7) is 0. The monoisotopic (exact) mass is 725 g/mol.